The molecule has 0 saturated carbocycles. The number of nitrogens with zero attached hydrogens (tertiary/aromatic N) is 6. The van der Waals surface area contributed by atoms with Crippen molar-refractivity contribution in [1.29, 1.82) is 0 Å². The first-order valence-electron chi connectivity index (χ1n) is 16.7. The number of pyridine rings is 2. The number of aromatic nitrogens is 4. The summed E-state index contributed by atoms with van der Waals surface area (Å²) in [7, 11) is 1.49. The van der Waals surface area contributed by atoms with Crippen molar-refractivity contribution in [2.75, 3.05) is 46.6 Å². The Bertz CT molecular complexity index is 2190. The number of benzene rings is 1. The van der Waals surface area contributed by atoms with Crippen LogP contribution in [0.3, 0.4) is 0 Å². The van der Waals surface area contributed by atoms with Gasteiger partial charge in [-0.2, -0.15) is 13.9 Å². The van der Waals surface area contributed by atoms with E-state index in [4.69, 9.17) is 19.6 Å². The predicted molar refractivity (Wildman–Crippen MR) is 188 cm³/mol. The number of fused-ring (bicyclic) bond motifs is 3. The summed E-state index contributed by atoms with van der Waals surface area (Å²) in [6.45, 7) is 7.38. The molecule has 4 aromatic heterocycles. The zero-order chi connectivity index (χ0) is 36.9. The third kappa shape index (κ3) is 6.25. The molecule has 0 bridgehead atoms. The van der Waals surface area contributed by atoms with Crippen LogP contribution in [0.15, 0.2) is 54.6 Å². The van der Waals surface area contributed by atoms with Crippen molar-refractivity contribution in [1.82, 2.24) is 29.5 Å². The zero-order valence-electron chi connectivity index (χ0n) is 28.7. The summed E-state index contributed by atoms with van der Waals surface area (Å²) in [6.07, 6.45) is 2.62. The van der Waals surface area contributed by atoms with E-state index in [0.717, 1.165) is 12.1 Å². The lowest BCUT2D eigenvalue weighted by Crippen LogP contribution is -2.42. The lowest BCUT2D eigenvalue weighted by molar-refractivity contribution is -0.129. The second kappa shape index (κ2) is 14.0. The number of amides is 1. The lowest BCUT2D eigenvalue weighted by atomic mass is 9.95. The molecule has 2 atom stereocenters. The predicted octanol–water partition coefficient (Wildman–Crippen LogP) is 6.74. The zero-order valence-corrected chi connectivity index (χ0v) is 29.5. The Labute approximate surface area is 300 Å². The summed E-state index contributed by atoms with van der Waals surface area (Å²) < 4.78 is 74.7. The van der Waals surface area contributed by atoms with Gasteiger partial charge in [0.25, 0.3) is 0 Å². The van der Waals surface area contributed by atoms with Crippen LogP contribution in [0.2, 0.25) is 0 Å². The van der Waals surface area contributed by atoms with Crippen LogP contribution in [-0.4, -0.2) is 87.1 Å². The van der Waals surface area contributed by atoms with Gasteiger partial charge >= 0.3 is 5.92 Å². The molecule has 52 heavy (non-hydrogen) atoms. The molecule has 10 nitrogen and oxygen atoms in total. The van der Waals surface area contributed by atoms with Gasteiger partial charge < -0.3 is 19.5 Å². The minimum Gasteiger partial charge on any atom is -0.490 e. The average Bonchev–Trinajstić information content (AvgIpc) is 3.78. The molecule has 5 aromatic rings. The Kier molecular flexibility index (Phi) is 9.63. The highest BCUT2D eigenvalue weighted by molar-refractivity contribution is 7.18. The van der Waals surface area contributed by atoms with Crippen molar-refractivity contribution < 1.29 is 36.9 Å². The van der Waals surface area contributed by atoms with Gasteiger partial charge in [0.05, 0.1) is 48.8 Å². The standard InChI is InChI=1S/C37H36F4N6O4S/c1-5-30(49)46-17-20(2)47-28(21(46)3)15-27(44-47)34-32(31-26(39)13-24(38)14-29(31)51-10-9-50-4)35-25(6-11-52-35)33(43-34)22-12-23-18-45(7-8-48)19-37(40,41)36(23)42-16-22/h5-6,11-16,20-21,48H,1,7-10,17-19H2,2-4H3/t20-,21+/m0/s1. The van der Waals surface area contributed by atoms with Crippen LogP contribution in [0.1, 0.15) is 42.9 Å². The van der Waals surface area contributed by atoms with Gasteiger partial charge in [0.1, 0.15) is 41.1 Å². The number of carbonyl (C=O) groups excluding carboxylic acids is 1. The molecule has 2 aliphatic heterocycles. The molecule has 2 aliphatic rings. The summed E-state index contributed by atoms with van der Waals surface area (Å²) in [5.74, 6) is -5.24. The highest BCUT2D eigenvalue weighted by Crippen LogP contribution is 2.48. The van der Waals surface area contributed by atoms with Crippen LogP contribution >= 0.6 is 11.3 Å². The van der Waals surface area contributed by atoms with Crippen LogP contribution in [0.25, 0.3) is 43.9 Å². The van der Waals surface area contributed by atoms with Crippen molar-refractivity contribution in [2.45, 2.75) is 38.4 Å². The molecule has 1 amide bonds. The second-order valence-electron chi connectivity index (χ2n) is 12.9. The first-order valence-corrected chi connectivity index (χ1v) is 17.6. The number of thiophene rings is 1. The van der Waals surface area contributed by atoms with E-state index < -0.39 is 24.1 Å². The van der Waals surface area contributed by atoms with E-state index in [0.29, 0.717) is 50.4 Å². The number of aliphatic hydroxyl groups excluding tert-OH is 1. The molecule has 1 N–H and O–H groups in total. The van der Waals surface area contributed by atoms with Gasteiger partial charge in [0.2, 0.25) is 5.91 Å². The van der Waals surface area contributed by atoms with Crippen molar-refractivity contribution in [3.8, 4) is 39.5 Å². The monoisotopic (exact) mass is 736 g/mol. The van der Waals surface area contributed by atoms with E-state index in [1.54, 1.807) is 28.5 Å². The Hall–Kier alpha value is -4.70. The Morgan fingerprint density at radius 3 is 2.71 bits per heavy atom. The molecule has 0 aliphatic carbocycles. The van der Waals surface area contributed by atoms with Crippen LogP contribution < -0.4 is 4.74 Å². The van der Waals surface area contributed by atoms with E-state index in [2.05, 4.69) is 11.6 Å². The quantitative estimate of drug-likeness (QED) is 0.0956. The van der Waals surface area contributed by atoms with E-state index in [1.165, 1.54) is 35.6 Å². The average molecular weight is 737 g/mol. The fourth-order valence-corrected chi connectivity index (χ4v) is 8.06. The number of aliphatic hydroxyl groups is 1. The number of alkyl halides is 2. The minimum absolute atomic E-state index is 0.0144. The maximum absolute atomic E-state index is 16.2. The van der Waals surface area contributed by atoms with Gasteiger partial charge in [-0.15, -0.1) is 11.3 Å². The van der Waals surface area contributed by atoms with Gasteiger partial charge in [-0.3, -0.25) is 19.4 Å². The summed E-state index contributed by atoms with van der Waals surface area (Å²) >= 11 is 1.30. The number of methoxy groups -OCH3 is 1. The molecule has 0 radical (unpaired) electrons. The topological polar surface area (TPSA) is 106 Å². The highest BCUT2D eigenvalue weighted by Gasteiger charge is 2.42. The van der Waals surface area contributed by atoms with E-state index in [-0.39, 0.29) is 73.6 Å². The Morgan fingerprint density at radius 2 is 1.96 bits per heavy atom. The summed E-state index contributed by atoms with van der Waals surface area (Å²) in [5.41, 5.74) is 2.38. The first kappa shape index (κ1) is 35.7. The van der Waals surface area contributed by atoms with Gasteiger partial charge in [-0.05, 0) is 49.1 Å². The van der Waals surface area contributed by atoms with Crippen molar-refractivity contribution in [3.63, 3.8) is 0 Å². The van der Waals surface area contributed by atoms with Crippen LogP contribution in [0, 0.1) is 11.6 Å². The molecule has 0 saturated heterocycles. The Morgan fingerprint density at radius 1 is 1.15 bits per heavy atom. The van der Waals surface area contributed by atoms with Crippen molar-refractivity contribution >= 4 is 27.3 Å². The molecule has 0 unspecified atom stereocenters. The fourth-order valence-electron chi connectivity index (χ4n) is 7.11. The maximum atomic E-state index is 16.2. The van der Waals surface area contributed by atoms with Crippen molar-refractivity contribution in [2.24, 2.45) is 0 Å². The highest BCUT2D eigenvalue weighted by atomic mass is 32.1. The number of hydrogen-bond acceptors (Lipinski definition) is 9. The number of ether oxygens (including phenoxy) is 2. The lowest BCUT2D eigenvalue weighted by Gasteiger charge is -2.36. The minimum atomic E-state index is -3.23. The number of β-amino-alcohol motifs (C(OH)–C–C–N with tert-alkyl or cyclic N) is 1. The number of halogens is 4. The molecule has 1 aromatic carbocycles. The molecule has 7 rings (SSSR count). The summed E-state index contributed by atoms with van der Waals surface area (Å²) in [5, 5.41) is 16.8. The molecule has 272 valence electrons. The number of rotatable bonds is 10. The van der Waals surface area contributed by atoms with E-state index >= 15 is 13.2 Å². The van der Waals surface area contributed by atoms with Crippen LogP contribution in [0.5, 0.6) is 5.75 Å². The third-order valence-electron chi connectivity index (χ3n) is 9.48. The van der Waals surface area contributed by atoms with Crippen molar-refractivity contribution in [3.05, 3.63) is 83.1 Å². The molecular formula is C37H36F4N6O4S. The van der Waals surface area contributed by atoms with E-state index in [9.17, 15) is 14.3 Å². The number of hydrogen-bond donors (Lipinski definition) is 1. The summed E-state index contributed by atoms with van der Waals surface area (Å²) in [6, 6.07) is 6.49. The molecular weight excluding hydrogens is 701 g/mol. The Balaban J connectivity index is 1.48. The number of carbonyl (C=O) groups is 1. The van der Waals surface area contributed by atoms with Gasteiger partial charge in [-0.1, -0.05) is 6.58 Å². The molecule has 0 spiro atoms. The third-order valence-corrected chi connectivity index (χ3v) is 10.4. The van der Waals surface area contributed by atoms with Crippen LogP contribution in [-0.2, 0) is 22.0 Å². The molecule has 6 heterocycles. The summed E-state index contributed by atoms with van der Waals surface area (Å²) in [4.78, 5) is 25.3. The van der Waals surface area contributed by atoms with Crippen LogP contribution in [0.4, 0.5) is 17.6 Å². The van der Waals surface area contributed by atoms with Gasteiger partial charge in [0, 0.05) is 66.3 Å². The normalized spacial score (nSPS) is 18.3. The largest absolute Gasteiger partial charge is 0.490 e. The van der Waals surface area contributed by atoms with Gasteiger partial charge in [0.15, 0.2) is 0 Å². The molecule has 0 fully saturated rings. The van der Waals surface area contributed by atoms with E-state index in [1.807, 2.05) is 18.5 Å². The first-order chi connectivity index (χ1) is 24.9. The smallest absolute Gasteiger partial charge is 0.302 e. The fraction of sp³-hybridized carbons (Fsp3) is 0.351. The van der Waals surface area contributed by atoms with Gasteiger partial charge in [-0.25, -0.2) is 13.8 Å². The maximum Gasteiger partial charge on any atom is 0.302 e. The molecule has 15 heteroatoms. The SMILES string of the molecule is C=CC(=O)N1C[C@H](C)n2nc(-c3nc(-c4cnc5c(c4)CN(CCO)CC5(F)F)c4ccsc4c3-c3c(F)cc(F)cc3OCCOC)cc2[C@H]1C. The second-order valence-corrected chi connectivity index (χ2v) is 13.9.